The van der Waals surface area contributed by atoms with Crippen LogP contribution in [0.5, 0.6) is 5.75 Å². The summed E-state index contributed by atoms with van der Waals surface area (Å²) in [6.45, 7) is 7.96. The molecule has 0 heterocycles. The Hall–Kier alpha value is -1.77. The largest absolute Gasteiger partial charge is 0.481 e. The number of benzene rings is 1. The van der Waals surface area contributed by atoms with Crippen LogP contribution in [0.15, 0.2) is 36.9 Å². The molecular weight excluding hydrogens is 214 g/mol. The zero-order valence-corrected chi connectivity index (χ0v) is 10.4. The van der Waals surface area contributed by atoms with Gasteiger partial charge in [0.2, 0.25) is 0 Å². The number of hydrogen-bond acceptors (Lipinski definition) is 2. The number of carbonyl (C=O) groups is 1. The SMILES string of the molecule is C=CCNC(=O)C(CC)Oc1ccc(C)cc1. The van der Waals surface area contributed by atoms with Crippen LogP contribution in [0.2, 0.25) is 0 Å². The van der Waals surface area contributed by atoms with Gasteiger partial charge in [-0.1, -0.05) is 30.7 Å². The Balaban J connectivity index is 2.59. The summed E-state index contributed by atoms with van der Waals surface area (Å²) >= 11 is 0. The molecule has 1 rings (SSSR count). The summed E-state index contributed by atoms with van der Waals surface area (Å²) in [5, 5.41) is 2.73. The zero-order chi connectivity index (χ0) is 12.7. The van der Waals surface area contributed by atoms with Crippen LogP contribution < -0.4 is 10.1 Å². The molecule has 3 nitrogen and oxygen atoms in total. The van der Waals surface area contributed by atoms with Gasteiger partial charge in [0.1, 0.15) is 5.75 Å². The molecule has 1 amide bonds. The zero-order valence-electron chi connectivity index (χ0n) is 10.4. The Morgan fingerprint density at radius 2 is 2.12 bits per heavy atom. The van der Waals surface area contributed by atoms with Crippen LogP contribution in [0.4, 0.5) is 0 Å². The summed E-state index contributed by atoms with van der Waals surface area (Å²) in [7, 11) is 0. The summed E-state index contributed by atoms with van der Waals surface area (Å²) < 4.78 is 5.63. The molecule has 0 fully saturated rings. The summed E-state index contributed by atoms with van der Waals surface area (Å²) in [5.74, 6) is 0.615. The van der Waals surface area contributed by atoms with Crippen molar-refractivity contribution in [1.29, 1.82) is 0 Å². The Morgan fingerprint density at radius 3 is 2.65 bits per heavy atom. The monoisotopic (exact) mass is 233 g/mol. The van der Waals surface area contributed by atoms with Gasteiger partial charge >= 0.3 is 0 Å². The third-order valence-electron chi connectivity index (χ3n) is 2.38. The predicted octanol–water partition coefficient (Wildman–Crippen LogP) is 2.45. The van der Waals surface area contributed by atoms with Gasteiger partial charge in [-0.3, -0.25) is 4.79 Å². The first-order chi connectivity index (χ1) is 8.17. The molecule has 0 aliphatic carbocycles. The molecule has 0 radical (unpaired) electrons. The van der Waals surface area contributed by atoms with Crippen molar-refractivity contribution in [3.8, 4) is 5.75 Å². The maximum Gasteiger partial charge on any atom is 0.261 e. The molecule has 0 aromatic heterocycles. The predicted molar refractivity (Wildman–Crippen MR) is 69.1 cm³/mol. The lowest BCUT2D eigenvalue weighted by atomic mass is 10.2. The fourth-order valence-corrected chi connectivity index (χ4v) is 1.39. The quantitative estimate of drug-likeness (QED) is 0.766. The molecule has 1 unspecified atom stereocenters. The molecule has 1 atom stereocenters. The summed E-state index contributed by atoms with van der Waals surface area (Å²) in [6.07, 6.45) is 1.84. The Kier molecular flexibility index (Phi) is 5.27. The molecule has 0 aliphatic heterocycles. The third kappa shape index (κ3) is 4.31. The van der Waals surface area contributed by atoms with Crippen molar-refractivity contribution in [2.24, 2.45) is 0 Å². The van der Waals surface area contributed by atoms with Gasteiger partial charge in [0.15, 0.2) is 6.10 Å². The van der Waals surface area contributed by atoms with Crippen LogP contribution in [0.25, 0.3) is 0 Å². The van der Waals surface area contributed by atoms with E-state index in [1.807, 2.05) is 38.1 Å². The standard InChI is InChI=1S/C14H19NO2/c1-4-10-15-14(16)13(5-2)17-12-8-6-11(3)7-9-12/h4,6-9,13H,1,5,10H2,2-3H3,(H,15,16). The van der Waals surface area contributed by atoms with Gasteiger partial charge in [-0.2, -0.15) is 0 Å². The van der Waals surface area contributed by atoms with Gasteiger partial charge in [0, 0.05) is 6.54 Å². The fraction of sp³-hybridized carbons (Fsp3) is 0.357. The third-order valence-corrected chi connectivity index (χ3v) is 2.38. The normalized spacial score (nSPS) is 11.6. The first-order valence-electron chi connectivity index (χ1n) is 5.79. The van der Waals surface area contributed by atoms with E-state index in [2.05, 4.69) is 11.9 Å². The highest BCUT2D eigenvalue weighted by atomic mass is 16.5. The highest BCUT2D eigenvalue weighted by Crippen LogP contribution is 2.14. The van der Waals surface area contributed by atoms with E-state index in [0.717, 1.165) is 5.75 Å². The van der Waals surface area contributed by atoms with Crippen LogP contribution in [0, 0.1) is 6.92 Å². The molecule has 1 aromatic rings. The molecule has 0 aliphatic rings. The highest BCUT2D eigenvalue weighted by molar-refractivity contribution is 5.81. The van der Waals surface area contributed by atoms with Crippen LogP contribution in [0.3, 0.4) is 0 Å². The maximum absolute atomic E-state index is 11.7. The van der Waals surface area contributed by atoms with Crippen molar-refractivity contribution in [2.45, 2.75) is 26.4 Å². The minimum absolute atomic E-state index is 0.104. The van der Waals surface area contributed by atoms with E-state index in [4.69, 9.17) is 4.74 Å². The number of amides is 1. The first-order valence-corrected chi connectivity index (χ1v) is 5.79. The smallest absolute Gasteiger partial charge is 0.261 e. The lowest BCUT2D eigenvalue weighted by molar-refractivity contribution is -0.127. The molecule has 0 saturated carbocycles. The molecule has 0 bridgehead atoms. The van der Waals surface area contributed by atoms with Gasteiger partial charge in [-0.25, -0.2) is 0 Å². The van der Waals surface area contributed by atoms with E-state index < -0.39 is 6.10 Å². The van der Waals surface area contributed by atoms with E-state index in [9.17, 15) is 4.79 Å². The molecule has 92 valence electrons. The van der Waals surface area contributed by atoms with E-state index in [0.29, 0.717) is 13.0 Å². The van der Waals surface area contributed by atoms with Crippen LogP contribution in [0.1, 0.15) is 18.9 Å². The number of rotatable bonds is 6. The van der Waals surface area contributed by atoms with Crippen molar-refractivity contribution < 1.29 is 9.53 Å². The van der Waals surface area contributed by atoms with Crippen molar-refractivity contribution >= 4 is 5.91 Å². The minimum atomic E-state index is -0.447. The van der Waals surface area contributed by atoms with Crippen LogP contribution >= 0.6 is 0 Å². The lowest BCUT2D eigenvalue weighted by Gasteiger charge is -2.16. The fourth-order valence-electron chi connectivity index (χ4n) is 1.39. The molecular formula is C14H19NO2. The number of nitrogens with one attached hydrogen (secondary N) is 1. The molecule has 1 aromatic carbocycles. The van der Waals surface area contributed by atoms with Gasteiger partial charge in [0.25, 0.3) is 5.91 Å². The summed E-state index contributed by atoms with van der Waals surface area (Å²) in [6, 6.07) is 7.67. The van der Waals surface area contributed by atoms with Crippen molar-refractivity contribution in [3.63, 3.8) is 0 Å². The minimum Gasteiger partial charge on any atom is -0.481 e. The van der Waals surface area contributed by atoms with Gasteiger partial charge < -0.3 is 10.1 Å². The Morgan fingerprint density at radius 1 is 1.47 bits per heavy atom. The molecule has 0 spiro atoms. The van der Waals surface area contributed by atoms with Crippen LogP contribution in [-0.2, 0) is 4.79 Å². The second-order valence-corrected chi connectivity index (χ2v) is 3.86. The molecule has 0 saturated heterocycles. The summed E-state index contributed by atoms with van der Waals surface area (Å²) in [4.78, 5) is 11.7. The van der Waals surface area contributed by atoms with E-state index >= 15 is 0 Å². The van der Waals surface area contributed by atoms with E-state index in [1.165, 1.54) is 5.56 Å². The highest BCUT2D eigenvalue weighted by Gasteiger charge is 2.17. The summed E-state index contributed by atoms with van der Waals surface area (Å²) in [5.41, 5.74) is 1.17. The van der Waals surface area contributed by atoms with Gasteiger partial charge in [-0.15, -0.1) is 6.58 Å². The van der Waals surface area contributed by atoms with E-state index in [-0.39, 0.29) is 5.91 Å². The first kappa shape index (κ1) is 13.3. The Bertz CT molecular complexity index is 370. The lowest BCUT2D eigenvalue weighted by Crippen LogP contribution is -2.37. The average molecular weight is 233 g/mol. The molecule has 1 N–H and O–H groups in total. The second-order valence-electron chi connectivity index (χ2n) is 3.86. The number of aryl methyl sites for hydroxylation is 1. The second kappa shape index (κ2) is 6.74. The van der Waals surface area contributed by atoms with Gasteiger partial charge in [0.05, 0.1) is 0 Å². The topological polar surface area (TPSA) is 38.3 Å². The Labute approximate surface area is 102 Å². The van der Waals surface area contributed by atoms with E-state index in [1.54, 1.807) is 6.08 Å². The maximum atomic E-state index is 11.7. The van der Waals surface area contributed by atoms with Crippen molar-refractivity contribution in [2.75, 3.05) is 6.54 Å². The molecule has 3 heteroatoms. The van der Waals surface area contributed by atoms with Gasteiger partial charge in [-0.05, 0) is 25.5 Å². The van der Waals surface area contributed by atoms with Crippen LogP contribution in [-0.4, -0.2) is 18.6 Å². The number of carbonyl (C=O) groups excluding carboxylic acids is 1. The van der Waals surface area contributed by atoms with Crippen molar-refractivity contribution in [3.05, 3.63) is 42.5 Å². The number of hydrogen-bond donors (Lipinski definition) is 1. The average Bonchev–Trinajstić information content (AvgIpc) is 2.35. The van der Waals surface area contributed by atoms with Crippen molar-refractivity contribution in [1.82, 2.24) is 5.32 Å². The molecule has 17 heavy (non-hydrogen) atoms. The number of ether oxygens (including phenoxy) is 1.